The van der Waals surface area contributed by atoms with E-state index in [4.69, 9.17) is 27.9 Å². The number of phenolic OH excluding ortho intramolecular Hbond substituents is 1. The second-order valence-electron chi connectivity index (χ2n) is 12.8. The lowest BCUT2D eigenvalue weighted by Crippen LogP contribution is -2.53. The van der Waals surface area contributed by atoms with Crippen molar-refractivity contribution >= 4 is 84.5 Å². The van der Waals surface area contributed by atoms with Crippen LogP contribution in [0.4, 0.5) is 19.0 Å². The minimum atomic E-state index is -4.75. The zero-order chi connectivity index (χ0) is 36.9. The van der Waals surface area contributed by atoms with Gasteiger partial charge in [-0.15, -0.1) is 0 Å². The Bertz CT molecular complexity index is 2080. The fourth-order valence-electron chi connectivity index (χ4n) is 8.26. The van der Waals surface area contributed by atoms with Gasteiger partial charge in [-0.2, -0.15) is 18.2 Å². The van der Waals surface area contributed by atoms with Crippen LogP contribution in [0.15, 0.2) is 63.2 Å². The van der Waals surface area contributed by atoms with Gasteiger partial charge in [-0.3, -0.25) is 29.5 Å². The molecule has 1 aromatic heterocycles. The number of hydrazine groups is 1. The van der Waals surface area contributed by atoms with E-state index in [0.29, 0.717) is 43.5 Å². The number of carbonyl (C=O) groups is 4. The second-order valence-corrected chi connectivity index (χ2v) is 15.2. The first-order chi connectivity index (χ1) is 24.0. The molecule has 0 spiro atoms. The number of rotatable bonds is 5. The number of alkyl halides is 3. The van der Waals surface area contributed by atoms with Crippen LogP contribution in [0.2, 0.25) is 10.0 Å². The summed E-state index contributed by atoms with van der Waals surface area (Å²) in [6.45, 7) is 0. The van der Waals surface area contributed by atoms with Crippen molar-refractivity contribution in [3.63, 3.8) is 0 Å². The van der Waals surface area contributed by atoms with E-state index in [1.165, 1.54) is 20.2 Å². The molecule has 0 bridgehead atoms. The Hall–Kier alpha value is -3.66. The summed E-state index contributed by atoms with van der Waals surface area (Å²) in [5.41, 5.74) is 1.09. The molecule has 3 fully saturated rings. The number of halogens is 7. The van der Waals surface area contributed by atoms with Gasteiger partial charge >= 0.3 is 6.18 Å². The van der Waals surface area contributed by atoms with Gasteiger partial charge < -0.3 is 9.84 Å². The van der Waals surface area contributed by atoms with Crippen LogP contribution in [0.25, 0.3) is 0 Å². The molecule has 4 amide bonds. The van der Waals surface area contributed by atoms with Crippen LogP contribution in [0.3, 0.4) is 0 Å². The second kappa shape index (κ2) is 12.5. The zero-order valence-electron chi connectivity index (χ0n) is 26.4. The fourth-order valence-corrected chi connectivity index (χ4v) is 9.55. The average Bonchev–Trinajstić information content (AvgIpc) is 3.44. The smallest absolute Gasteiger partial charge is 0.417 e. The largest absolute Gasteiger partial charge is 0.503 e. The third kappa shape index (κ3) is 5.20. The summed E-state index contributed by atoms with van der Waals surface area (Å²) in [5.74, 6) is -7.30. The van der Waals surface area contributed by atoms with Crippen molar-refractivity contribution in [2.24, 2.45) is 23.7 Å². The third-order valence-corrected chi connectivity index (χ3v) is 13.2. The molecular formula is C34H25Br2Cl2F3N4O6. The number of benzene rings is 2. The van der Waals surface area contributed by atoms with Crippen LogP contribution in [-0.2, 0) is 30.8 Å². The molecule has 2 aliphatic heterocycles. The molecule has 0 radical (unpaired) electrons. The quantitative estimate of drug-likeness (QED) is 0.203. The first kappa shape index (κ1) is 35.7. The van der Waals surface area contributed by atoms with Crippen molar-refractivity contribution < 1.29 is 42.2 Å². The minimum Gasteiger partial charge on any atom is -0.503 e. The highest BCUT2D eigenvalue weighted by Crippen LogP contribution is 2.65. The number of pyridine rings is 1. The number of phenols is 1. The Kier molecular flexibility index (Phi) is 8.75. The fraction of sp³-hybridized carbons (Fsp3) is 0.324. The Morgan fingerprint density at radius 3 is 2.33 bits per heavy atom. The Morgan fingerprint density at radius 1 is 1.02 bits per heavy atom. The number of methoxy groups -OCH3 is 1. The summed E-state index contributed by atoms with van der Waals surface area (Å²) in [6.07, 6.45) is -2.23. The molecule has 2 aliphatic carbocycles. The molecule has 3 heterocycles. The molecule has 3 aromatic rings. The number of anilines is 1. The molecule has 2 N–H and O–H groups in total. The third-order valence-electron chi connectivity index (χ3n) is 10.5. The van der Waals surface area contributed by atoms with Gasteiger partial charge in [0.25, 0.3) is 11.8 Å². The lowest BCUT2D eigenvalue weighted by molar-refractivity contribution is -0.140. The van der Waals surface area contributed by atoms with Gasteiger partial charge in [0.1, 0.15) is 0 Å². The van der Waals surface area contributed by atoms with Crippen molar-refractivity contribution in [1.82, 2.24) is 14.9 Å². The van der Waals surface area contributed by atoms with E-state index >= 15 is 4.79 Å². The van der Waals surface area contributed by atoms with Gasteiger partial charge in [0.2, 0.25) is 11.8 Å². The van der Waals surface area contributed by atoms with Crippen LogP contribution in [0, 0.1) is 23.7 Å². The van der Waals surface area contributed by atoms with Gasteiger partial charge in [0.15, 0.2) is 17.3 Å². The minimum absolute atomic E-state index is 0.0378. The summed E-state index contributed by atoms with van der Waals surface area (Å²) >= 11 is 19.5. The van der Waals surface area contributed by atoms with Crippen LogP contribution in [0.5, 0.6) is 11.5 Å². The number of hydrogen-bond acceptors (Lipinski definition) is 8. The Balaban J connectivity index is 1.49. The molecule has 2 saturated heterocycles. The number of amides is 4. The van der Waals surface area contributed by atoms with Crippen molar-refractivity contribution in [2.75, 3.05) is 19.6 Å². The number of nitrogens with zero attached hydrogens (tertiary/aromatic N) is 3. The molecule has 6 atom stereocenters. The molecule has 7 rings (SSSR count). The summed E-state index contributed by atoms with van der Waals surface area (Å²) < 4.78 is 46.3. The van der Waals surface area contributed by atoms with Crippen molar-refractivity contribution in [3.05, 3.63) is 89.9 Å². The Morgan fingerprint density at radius 2 is 1.71 bits per heavy atom. The zero-order valence-corrected chi connectivity index (χ0v) is 31.1. The van der Waals surface area contributed by atoms with E-state index < -0.39 is 69.5 Å². The van der Waals surface area contributed by atoms with Gasteiger partial charge in [0, 0.05) is 28.7 Å². The number of nitrogens with one attached hydrogen (secondary N) is 1. The lowest BCUT2D eigenvalue weighted by Gasteiger charge is -2.51. The number of hydrogen-bond donors (Lipinski definition) is 2. The number of allylic oxidation sites excluding steroid dienone is 2. The molecule has 17 heteroatoms. The summed E-state index contributed by atoms with van der Waals surface area (Å²) in [7, 11) is 2.76. The van der Waals surface area contributed by atoms with Gasteiger partial charge in [-0.1, -0.05) is 47.0 Å². The SMILES string of the molecule is COc1cc(C2C3=CCC4C(=O)N(C)C(=O)C4C3CC3C(=O)N(Nc4ncc(C(F)(F)F)cc4Cl)C(=O)C32c2ccc(Cl)cc2)c(Br)c(Br)c1O. The predicted octanol–water partition coefficient (Wildman–Crippen LogP) is 7.26. The highest BCUT2D eigenvalue weighted by molar-refractivity contribution is 9.13. The number of carbonyl (C=O) groups excluding carboxylic acids is 4. The number of likely N-dealkylation sites (tertiary alicyclic amines) is 1. The Labute approximate surface area is 315 Å². The van der Waals surface area contributed by atoms with E-state index in [2.05, 4.69) is 42.3 Å². The number of imide groups is 2. The van der Waals surface area contributed by atoms with Crippen molar-refractivity contribution in [2.45, 2.75) is 30.4 Å². The molecule has 266 valence electrons. The van der Waals surface area contributed by atoms with E-state index in [-0.39, 0.29) is 40.5 Å². The molecule has 51 heavy (non-hydrogen) atoms. The number of ether oxygens (including phenoxy) is 1. The summed E-state index contributed by atoms with van der Waals surface area (Å²) in [5, 5.41) is 11.5. The van der Waals surface area contributed by atoms with E-state index in [1.54, 1.807) is 24.3 Å². The van der Waals surface area contributed by atoms with Crippen LogP contribution >= 0.6 is 55.1 Å². The molecule has 10 nitrogen and oxygen atoms in total. The van der Waals surface area contributed by atoms with Gasteiger partial charge in [0.05, 0.1) is 45.3 Å². The first-order valence-electron chi connectivity index (χ1n) is 15.4. The number of aromatic hydroxyl groups is 1. The van der Waals surface area contributed by atoms with Crippen LogP contribution < -0.4 is 10.2 Å². The van der Waals surface area contributed by atoms with E-state index in [0.717, 1.165) is 4.90 Å². The normalized spacial score (nSPS) is 27.3. The molecule has 1 saturated carbocycles. The monoisotopic (exact) mass is 870 g/mol. The van der Waals surface area contributed by atoms with Crippen molar-refractivity contribution in [1.29, 1.82) is 0 Å². The van der Waals surface area contributed by atoms with Gasteiger partial charge in [-0.05, 0) is 86.0 Å². The van der Waals surface area contributed by atoms with Crippen molar-refractivity contribution in [3.8, 4) is 11.5 Å². The standard InChI is InChI=1S/C34H25Br2Cl2F3N4O6/c1-44-29(47)17-8-7-16-18(23(17)31(44)49)10-20-30(48)45(43-28-21(38)9-14(12-42-28)34(39,40)41)32(50)33(20,13-3-5-15(37)6-4-13)24(16)19-11-22(51-2)27(46)26(36)25(19)35/h3-7,9,11-12,17-18,20,23-24,46H,8,10H2,1-2H3,(H,42,43). The summed E-state index contributed by atoms with van der Waals surface area (Å²) in [6, 6.07) is 8.53. The van der Waals surface area contributed by atoms with Crippen LogP contribution in [-0.4, -0.2) is 57.8 Å². The van der Waals surface area contributed by atoms with E-state index in [1.807, 2.05) is 6.08 Å². The molecule has 2 aromatic carbocycles. The number of fused-ring (bicyclic) bond motifs is 4. The maximum Gasteiger partial charge on any atom is 0.417 e. The predicted molar refractivity (Wildman–Crippen MR) is 185 cm³/mol. The molecule has 6 unspecified atom stereocenters. The maximum atomic E-state index is 15.3. The lowest BCUT2D eigenvalue weighted by atomic mass is 9.49. The van der Waals surface area contributed by atoms with E-state index in [9.17, 15) is 32.7 Å². The van der Waals surface area contributed by atoms with Gasteiger partial charge in [-0.25, -0.2) is 4.98 Å². The first-order valence-corrected chi connectivity index (χ1v) is 17.8. The molecular weight excluding hydrogens is 848 g/mol. The maximum absolute atomic E-state index is 15.3. The highest BCUT2D eigenvalue weighted by Gasteiger charge is 2.70. The van der Waals surface area contributed by atoms with Crippen LogP contribution in [0.1, 0.15) is 35.4 Å². The highest BCUT2D eigenvalue weighted by atomic mass is 79.9. The summed E-state index contributed by atoms with van der Waals surface area (Å²) in [4.78, 5) is 61.8. The topological polar surface area (TPSA) is 129 Å². The average molecular weight is 873 g/mol. The number of aromatic nitrogens is 1. The molecule has 4 aliphatic rings.